The van der Waals surface area contributed by atoms with Crippen LogP contribution in [0.15, 0.2) is 17.2 Å². The van der Waals surface area contributed by atoms with Crippen molar-refractivity contribution >= 4 is 39.1 Å². The Labute approximate surface area is 134 Å². The molecular formula is C12H17Cl2N3O3S. The van der Waals surface area contributed by atoms with Crippen LogP contribution >= 0.6 is 23.2 Å². The van der Waals surface area contributed by atoms with Crippen molar-refractivity contribution < 1.29 is 13.2 Å². The van der Waals surface area contributed by atoms with E-state index in [4.69, 9.17) is 23.2 Å². The van der Waals surface area contributed by atoms with Gasteiger partial charge in [0.05, 0.1) is 11.1 Å². The highest BCUT2D eigenvalue weighted by molar-refractivity contribution is 7.89. The molecule has 0 aromatic carbocycles. The first kappa shape index (κ1) is 18.2. The molecule has 0 fully saturated rings. The maximum atomic E-state index is 12.2. The average molecular weight is 354 g/mol. The van der Waals surface area contributed by atoms with E-state index < -0.39 is 16.1 Å². The molecule has 6 nitrogen and oxygen atoms in total. The number of sulfonamides is 1. The summed E-state index contributed by atoms with van der Waals surface area (Å²) in [5.41, 5.74) is 0. The number of carbonyl (C=O) groups is 1. The number of amides is 1. The quantitative estimate of drug-likeness (QED) is 0.792. The van der Waals surface area contributed by atoms with Gasteiger partial charge in [-0.2, -0.15) is 4.72 Å². The first-order valence-electron chi connectivity index (χ1n) is 6.35. The van der Waals surface area contributed by atoms with E-state index in [9.17, 15) is 13.2 Å². The summed E-state index contributed by atoms with van der Waals surface area (Å²) in [6.45, 7) is 6.16. The van der Waals surface area contributed by atoms with Gasteiger partial charge in [0.25, 0.3) is 0 Å². The molecule has 1 rings (SSSR count). The Morgan fingerprint density at radius 2 is 1.95 bits per heavy atom. The second kappa shape index (κ2) is 7.40. The fourth-order valence-electron chi connectivity index (χ4n) is 1.71. The van der Waals surface area contributed by atoms with Gasteiger partial charge in [-0.25, -0.2) is 13.4 Å². The summed E-state index contributed by atoms with van der Waals surface area (Å²) < 4.78 is 26.7. The van der Waals surface area contributed by atoms with Crippen LogP contribution in [-0.4, -0.2) is 43.3 Å². The number of aromatic nitrogens is 1. The lowest BCUT2D eigenvalue weighted by molar-refractivity contribution is -0.132. The molecule has 118 valence electrons. The van der Waals surface area contributed by atoms with Crippen LogP contribution in [0.2, 0.25) is 10.2 Å². The molecule has 1 amide bonds. The minimum Gasteiger partial charge on any atom is -0.342 e. The van der Waals surface area contributed by atoms with Gasteiger partial charge in [0.2, 0.25) is 15.9 Å². The van der Waals surface area contributed by atoms with Crippen LogP contribution in [0.3, 0.4) is 0 Å². The summed E-state index contributed by atoms with van der Waals surface area (Å²) in [6, 6.07) is 0.303. The van der Waals surface area contributed by atoms with E-state index in [0.29, 0.717) is 13.1 Å². The molecule has 1 N–H and O–H groups in total. The van der Waals surface area contributed by atoms with Crippen molar-refractivity contribution in [3.63, 3.8) is 0 Å². The van der Waals surface area contributed by atoms with Gasteiger partial charge in [-0.1, -0.05) is 23.2 Å². The second-order valence-corrected chi connectivity index (χ2v) is 6.78. The Bertz CT molecular complexity index is 618. The van der Waals surface area contributed by atoms with Crippen LogP contribution < -0.4 is 4.72 Å². The van der Waals surface area contributed by atoms with Crippen molar-refractivity contribution in [2.75, 3.05) is 13.1 Å². The molecule has 0 aliphatic carbocycles. The van der Waals surface area contributed by atoms with Gasteiger partial charge in [-0.15, -0.1) is 0 Å². The van der Waals surface area contributed by atoms with Gasteiger partial charge in [0.15, 0.2) is 0 Å². The van der Waals surface area contributed by atoms with Gasteiger partial charge in [0, 0.05) is 19.3 Å². The molecule has 0 saturated heterocycles. The minimum atomic E-state index is -3.90. The number of likely N-dealkylation sites (N-methyl/N-ethyl adjacent to an activating group) is 1. The molecule has 0 spiro atoms. The third-order valence-electron chi connectivity index (χ3n) is 2.86. The van der Waals surface area contributed by atoms with E-state index in [-0.39, 0.29) is 21.0 Å². The van der Waals surface area contributed by atoms with Crippen LogP contribution in [0, 0.1) is 0 Å². The predicted molar refractivity (Wildman–Crippen MR) is 82.0 cm³/mol. The molecule has 0 aliphatic heterocycles. The number of hydrogen-bond donors (Lipinski definition) is 1. The molecular weight excluding hydrogens is 337 g/mol. The smallest absolute Gasteiger partial charge is 0.242 e. The van der Waals surface area contributed by atoms with Crippen molar-refractivity contribution in [1.29, 1.82) is 0 Å². The maximum Gasteiger partial charge on any atom is 0.242 e. The lowest BCUT2D eigenvalue weighted by Gasteiger charge is -2.23. The third-order valence-corrected chi connectivity index (χ3v) is 5.05. The molecule has 9 heteroatoms. The van der Waals surface area contributed by atoms with Crippen LogP contribution in [0.25, 0.3) is 0 Å². The summed E-state index contributed by atoms with van der Waals surface area (Å²) >= 11 is 11.4. The number of rotatable bonds is 6. The van der Waals surface area contributed by atoms with E-state index in [1.165, 1.54) is 13.0 Å². The lowest BCUT2D eigenvalue weighted by Crippen LogP contribution is -2.46. The van der Waals surface area contributed by atoms with Crippen LogP contribution in [0.5, 0.6) is 0 Å². The average Bonchev–Trinajstić information content (AvgIpc) is 2.42. The fraction of sp³-hybridized carbons (Fsp3) is 0.500. The highest BCUT2D eigenvalue weighted by Gasteiger charge is 2.25. The fourth-order valence-corrected chi connectivity index (χ4v) is 3.21. The van der Waals surface area contributed by atoms with Crippen molar-refractivity contribution in [2.24, 2.45) is 0 Å². The Hall–Kier alpha value is -0.890. The molecule has 0 aliphatic rings. The topological polar surface area (TPSA) is 79.4 Å². The Morgan fingerprint density at radius 3 is 2.43 bits per heavy atom. The summed E-state index contributed by atoms with van der Waals surface area (Å²) in [4.78, 5) is 17.2. The van der Waals surface area contributed by atoms with Crippen LogP contribution in [0.1, 0.15) is 20.8 Å². The highest BCUT2D eigenvalue weighted by atomic mass is 35.5. The Balaban J connectivity index is 2.94. The van der Waals surface area contributed by atoms with E-state index >= 15 is 0 Å². The van der Waals surface area contributed by atoms with E-state index in [2.05, 4.69) is 9.71 Å². The SMILES string of the molecule is CCN(CC)C(=O)C(C)NS(=O)(=O)c1cnc(Cl)c(Cl)c1. The second-order valence-electron chi connectivity index (χ2n) is 4.30. The molecule has 0 saturated carbocycles. The van der Waals surface area contributed by atoms with Crippen molar-refractivity contribution in [2.45, 2.75) is 31.7 Å². The number of carbonyl (C=O) groups excluding carboxylic acids is 1. The third kappa shape index (κ3) is 4.54. The summed E-state index contributed by atoms with van der Waals surface area (Å²) in [5.74, 6) is -0.295. The van der Waals surface area contributed by atoms with Gasteiger partial charge < -0.3 is 4.90 Å². The Morgan fingerprint density at radius 1 is 1.38 bits per heavy atom. The van der Waals surface area contributed by atoms with Gasteiger partial charge in [0.1, 0.15) is 10.0 Å². The van der Waals surface area contributed by atoms with E-state index in [1.54, 1.807) is 4.90 Å². The van der Waals surface area contributed by atoms with E-state index in [0.717, 1.165) is 6.20 Å². The van der Waals surface area contributed by atoms with Gasteiger partial charge in [-0.3, -0.25) is 4.79 Å². The molecule has 1 heterocycles. The van der Waals surface area contributed by atoms with Crippen molar-refractivity contribution in [1.82, 2.24) is 14.6 Å². The number of nitrogens with zero attached hydrogens (tertiary/aromatic N) is 2. The zero-order valence-corrected chi connectivity index (χ0v) is 14.3. The molecule has 0 bridgehead atoms. The van der Waals surface area contributed by atoms with Gasteiger partial charge >= 0.3 is 0 Å². The minimum absolute atomic E-state index is 0.0166. The molecule has 21 heavy (non-hydrogen) atoms. The Kier molecular flexibility index (Phi) is 6.40. The number of nitrogens with one attached hydrogen (secondary N) is 1. The molecule has 0 radical (unpaired) electrons. The molecule has 1 atom stereocenters. The first-order valence-corrected chi connectivity index (χ1v) is 8.59. The zero-order chi connectivity index (χ0) is 16.2. The van der Waals surface area contributed by atoms with Crippen molar-refractivity contribution in [3.8, 4) is 0 Å². The predicted octanol–water partition coefficient (Wildman–Crippen LogP) is 1.92. The lowest BCUT2D eigenvalue weighted by atomic mass is 10.3. The summed E-state index contributed by atoms with van der Waals surface area (Å²) in [5, 5.41) is 0.0464. The maximum absolute atomic E-state index is 12.2. The van der Waals surface area contributed by atoms with Crippen LogP contribution in [0.4, 0.5) is 0 Å². The summed E-state index contributed by atoms with van der Waals surface area (Å²) in [7, 11) is -3.90. The zero-order valence-electron chi connectivity index (χ0n) is 11.9. The normalized spacial score (nSPS) is 13.0. The van der Waals surface area contributed by atoms with E-state index in [1.807, 2.05) is 13.8 Å². The monoisotopic (exact) mass is 353 g/mol. The molecule has 1 aromatic rings. The number of pyridine rings is 1. The van der Waals surface area contributed by atoms with Crippen molar-refractivity contribution in [3.05, 3.63) is 22.4 Å². The summed E-state index contributed by atoms with van der Waals surface area (Å²) in [6.07, 6.45) is 1.09. The number of halogens is 2. The van der Waals surface area contributed by atoms with Gasteiger partial charge in [-0.05, 0) is 26.8 Å². The largest absolute Gasteiger partial charge is 0.342 e. The number of hydrogen-bond acceptors (Lipinski definition) is 4. The van der Waals surface area contributed by atoms with Crippen LogP contribution in [-0.2, 0) is 14.8 Å². The highest BCUT2D eigenvalue weighted by Crippen LogP contribution is 2.22. The standard InChI is InChI=1S/C12H17Cl2N3O3S/c1-4-17(5-2)12(18)8(3)16-21(19,20)9-6-10(13)11(14)15-7-9/h6-8,16H,4-5H2,1-3H3. The molecule has 1 aromatic heterocycles. The first-order chi connectivity index (χ1) is 9.72. The molecule has 1 unspecified atom stereocenters.